The fourth-order valence-corrected chi connectivity index (χ4v) is 0.704. The van der Waals surface area contributed by atoms with Crippen LogP contribution in [0.5, 0.6) is 0 Å². The summed E-state index contributed by atoms with van der Waals surface area (Å²) in [7, 11) is -6.66. The van der Waals surface area contributed by atoms with Gasteiger partial charge in [0.05, 0.1) is 0 Å². The zero-order valence-electron chi connectivity index (χ0n) is 6.48. The molecule has 1 unspecified atom stereocenters. The Morgan fingerprint density at radius 1 is 1.07 bits per heavy atom. The van der Waals surface area contributed by atoms with Gasteiger partial charge in [-0.1, -0.05) is 0 Å². The van der Waals surface area contributed by atoms with E-state index in [1.54, 1.807) is 0 Å². The first kappa shape index (κ1) is 16.9. The summed E-state index contributed by atoms with van der Waals surface area (Å²) in [6, 6.07) is 0. The minimum Gasteiger partial charge on any atom is -0.743 e. The Hall–Kier alpha value is 0.490. The van der Waals surface area contributed by atoms with E-state index in [4.69, 9.17) is 0 Å². The summed E-state index contributed by atoms with van der Waals surface area (Å²) in [5.41, 5.74) is 0. The van der Waals surface area contributed by atoms with E-state index >= 15 is 0 Å². The first-order valence-corrected chi connectivity index (χ1v) is 3.85. The summed E-state index contributed by atoms with van der Waals surface area (Å²) in [5.74, 6) is 0. The minimum atomic E-state index is -6.66. The summed E-state index contributed by atoms with van der Waals surface area (Å²) in [6.07, 6.45) is -11.1. The Labute approximate surface area is 96.5 Å². The van der Waals surface area contributed by atoms with Crippen LogP contribution >= 0.6 is 0 Å². The van der Waals surface area contributed by atoms with Crippen molar-refractivity contribution in [1.29, 1.82) is 0 Å². The largest absolute Gasteiger partial charge is 1.00 e. The molecule has 0 aromatic rings. The predicted octanol–water partition coefficient (Wildman–Crippen LogP) is -1.97. The van der Waals surface area contributed by atoms with Gasteiger partial charge < -0.3 is 4.55 Å². The number of rotatable bonds is 2. The molecule has 0 heterocycles. The fraction of sp³-hybridized carbons (Fsp3) is 1.00. The third-order valence-corrected chi connectivity index (χ3v) is 1.79. The van der Waals surface area contributed by atoms with Crippen LogP contribution in [0.2, 0.25) is 0 Å². The van der Waals surface area contributed by atoms with Gasteiger partial charge in [0.25, 0.3) is 6.17 Å². The Morgan fingerprint density at radius 3 is 1.43 bits per heavy atom. The molecule has 0 fully saturated rings. The van der Waals surface area contributed by atoms with Crippen LogP contribution < -0.4 is 29.6 Å². The molecule has 14 heavy (non-hydrogen) atoms. The zero-order valence-corrected chi connectivity index (χ0v) is 9.29. The van der Waals surface area contributed by atoms with E-state index in [0.717, 1.165) is 0 Å². The first-order valence-electron chi connectivity index (χ1n) is 2.44. The van der Waals surface area contributed by atoms with Gasteiger partial charge in [0.1, 0.15) is 0 Å². The fourth-order valence-electron chi connectivity index (χ4n) is 0.317. The molecule has 0 rings (SSSR count). The van der Waals surface area contributed by atoms with Crippen LogP contribution in [0.15, 0.2) is 0 Å². The van der Waals surface area contributed by atoms with Gasteiger partial charge in [-0.15, -0.1) is 0 Å². The second-order valence-electron chi connectivity index (χ2n) is 1.92. The van der Waals surface area contributed by atoms with Crippen molar-refractivity contribution in [1.82, 2.24) is 0 Å². The van der Waals surface area contributed by atoms with E-state index in [0.29, 0.717) is 0 Å². The van der Waals surface area contributed by atoms with E-state index in [9.17, 15) is 39.3 Å². The molecule has 0 radical (unpaired) electrons. The van der Waals surface area contributed by atoms with Crippen molar-refractivity contribution in [3.63, 3.8) is 0 Å². The molecule has 0 aliphatic rings. The maximum atomic E-state index is 11.8. The quantitative estimate of drug-likeness (QED) is 0.326. The van der Waals surface area contributed by atoms with E-state index in [1.807, 2.05) is 0 Å². The van der Waals surface area contributed by atoms with Gasteiger partial charge in [0.2, 0.25) is 0 Å². The molecule has 0 bridgehead atoms. The number of hydrogen-bond donors (Lipinski definition) is 0. The molecule has 3 nitrogen and oxygen atoms in total. The summed E-state index contributed by atoms with van der Waals surface area (Å²) < 4.78 is 97.5. The topological polar surface area (TPSA) is 57.2 Å². The molecule has 0 N–H and O–H groups in total. The molecule has 0 aliphatic carbocycles. The van der Waals surface area contributed by atoms with Gasteiger partial charge in [-0.3, -0.25) is 0 Å². The molecular weight excluding hydrogens is 253 g/mol. The van der Waals surface area contributed by atoms with Crippen LogP contribution in [0.3, 0.4) is 0 Å². The summed E-state index contributed by atoms with van der Waals surface area (Å²) in [4.78, 5) is 0. The van der Waals surface area contributed by atoms with Crippen LogP contribution in [0.25, 0.3) is 0 Å². The van der Waals surface area contributed by atoms with Gasteiger partial charge >= 0.3 is 41.0 Å². The third kappa shape index (κ3) is 3.57. The number of hydrogen-bond acceptors (Lipinski definition) is 3. The van der Waals surface area contributed by atoms with Crippen molar-refractivity contribution in [3.05, 3.63) is 0 Å². The standard InChI is InChI=1S/C3H2F6O3S.Na/c4-1(2(5,6)7)3(8,9)13(10,11)12;/h1H,(H,10,11,12);/q;+1/p-1. The van der Waals surface area contributed by atoms with Crippen LogP contribution in [0.1, 0.15) is 0 Å². The van der Waals surface area contributed by atoms with E-state index < -0.39 is 27.7 Å². The predicted molar refractivity (Wildman–Crippen MR) is 25.6 cm³/mol. The molecule has 11 heteroatoms. The molecule has 0 spiro atoms. The Kier molecular flexibility index (Phi) is 5.50. The van der Waals surface area contributed by atoms with Crippen molar-refractivity contribution in [2.45, 2.75) is 17.6 Å². The molecule has 0 aromatic heterocycles. The van der Waals surface area contributed by atoms with Crippen molar-refractivity contribution in [2.75, 3.05) is 0 Å². The molecular formula is C3HF6NaO3S. The molecule has 0 amide bonds. The number of halogens is 6. The minimum absolute atomic E-state index is 0. The second kappa shape index (κ2) is 4.56. The normalized spacial score (nSPS) is 15.9. The summed E-state index contributed by atoms with van der Waals surface area (Å²) >= 11 is 0. The third-order valence-electron chi connectivity index (χ3n) is 0.916. The maximum absolute atomic E-state index is 11.8. The van der Waals surface area contributed by atoms with Crippen molar-refractivity contribution in [2.24, 2.45) is 0 Å². The SMILES string of the molecule is O=S(=O)([O-])C(F)(F)C(F)C(F)(F)F.[Na+]. The van der Waals surface area contributed by atoms with Crippen LogP contribution in [-0.2, 0) is 10.1 Å². The Bertz CT molecular complexity index is 283. The van der Waals surface area contributed by atoms with E-state index in [-0.39, 0.29) is 29.6 Å². The molecule has 0 aromatic carbocycles. The average Bonchev–Trinajstić information content (AvgIpc) is 1.81. The molecule has 1 atom stereocenters. The van der Waals surface area contributed by atoms with Gasteiger partial charge in [-0.05, 0) is 0 Å². The van der Waals surface area contributed by atoms with Crippen LogP contribution in [0, 0.1) is 0 Å². The van der Waals surface area contributed by atoms with Gasteiger partial charge in [-0.2, -0.15) is 22.0 Å². The van der Waals surface area contributed by atoms with Crippen molar-refractivity contribution >= 4 is 10.1 Å². The van der Waals surface area contributed by atoms with E-state index in [1.165, 1.54) is 0 Å². The van der Waals surface area contributed by atoms with E-state index in [2.05, 4.69) is 0 Å². The number of alkyl halides is 6. The average molecular weight is 254 g/mol. The molecule has 0 saturated heterocycles. The second-order valence-corrected chi connectivity index (χ2v) is 3.37. The molecule has 0 saturated carbocycles. The molecule has 0 aliphatic heterocycles. The van der Waals surface area contributed by atoms with Gasteiger partial charge in [-0.25, -0.2) is 12.8 Å². The Balaban J connectivity index is 0. The van der Waals surface area contributed by atoms with Gasteiger partial charge in [0.15, 0.2) is 10.1 Å². The molecule has 80 valence electrons. The monoisotopic (exact) mass is 254 g/mol. The summed E-state index contributed by atoms with van der Waals surface area (Å²) in [5, 5.41) is -5.99. The zero-order chi connectivity index (χ0) is 11.1. The smallest absolute Gasteiger partial charge is 0.743 e. The van der Waals surface area contributed by atoms with Crippen molar-refractivity contribution < 1.29 is 68.9 Å². The van der Waals surface area contributed by atoms with Gasteiger partial charge in [0, 0.05) is 0 Å². The maximum Gasteiger partial charge on any atom is 1.00 e. The first-order chi connectivity index (χ1) is 5.40. The van der Waals surface area contributed by atoms with Crippen LogP contribution in [-0.4, -0.2) is 30.6 Å². The van der Waals surface area contributed by atoms with Crippen LogP contribution in [0.4, 0.5) is 26.3 Å². The Morgan fingerprint density at radius 2 is 1.36 bits per heavy atom. The summed E-state index contributed by atoms with van der Waals surface area (Å²) in [6.45, 7) is 0. The van der Waals surface area contributed by atoms with Crippen molar-refractivity contribution in [3.8, 4) is 0 Å².